The molecule has 9 heteroatoms. The van der Waals surface area contributed by atoms with Crippen LogP contribution in [0.4, 0.5) is 4.79 Å². The summed E-state index contributed by atoms with van der Waals surface area (Å²) in [5.74, 6) is 1.72. The summed E-state index contributed by atoms with van der Waals surface area (Å²) < 4.78 is 12.2. The highest BCUT2D eigenvalue weighted by molar-refractivity contribution is 9.10. The predicted molar refractivity (Wildman–Crippen MR) is 125 cm³/mol. The second-order valence-corrected chi connectivity index (χ2v) is 8.38. The van der Waals surface area contributed by atoms with E-state index in [2.05, 4.69) is 21.9 Å². The lowest BCUT2D eigenvalue weighted by atomic mass is 10.1. The molecule has 0 saturated carbocycles. The lowest BCUT2D eigenvalue weighted by Gasteiger charge is -2.15. The fraction of sp³-hybridized carbons (Fsp3) is 0.174. The predicted octanol–water partition coefficient (Wildman–Crippen LogP) is 4.79. The fourth-order valence-corrected chi connectivity index (χ4v) is 4.32. The molecule has 2 aromatic rings. The number of thioether (sulfide) groups is 1. The molecule has 1 aliphatic rings. The third-order valence-electron chi connectivity index (χ3n) is 4.31. The zero-order chi connectivity index (χ0) is 23.3. The van der Waals surface area contributed by atoms with Crippen LogP contribution >= 0.6 is 27.7 Å². The van der Waals surface area contributed by atoms with Gasteiger partial charge >= 0.3 is 5.97 Å². The first kappa shape index (κ1) is 23.4. The van der Waals surface area contributed by atoms with E-state index in [-0.39, 0.29) is 23.6 Å². The molecule has 0 aromatic heterocycles. The van der Waals surface area contributed by atoms with Crippen molar-refractivity contribution in [3.05, 3.63) is 62.5 Å². The Kier molecular flexibility index (Phi) is 7.62. The van der Waals surface area contributed by atoms with Crippen molar-refractivity contribution in [2.24, 2.45) is 0 Å². The van der Waals surface area contributed by atoms with Crippen LogP contribution in [0.25, 0.3) is 6.08 Å². The van der Waals surface area contributed by atoms with Crippen molar-refractivity contribution in [1.29, 1.82) is 0 Å². The number of rotatable bonds is 8. The summed E-state index contributed by atoms with van der Waals surface area (Å²) in [6, 6.07) is 9.90. The van der Waals surface area contributed by atoms with E-state index in [1.54, 1.807) is 30.3 Å². The maximum absolute atomic E-state index is 12.4. The number of ether oxygens (including phenoxy) is 2. The van der Waals surface area contributed by atoms with Gasteiger partial charge in [0.15, 0.2) is 11.5 Å². The van der Waals surface area contributed by atoms with Crippen LogP contribution < -0.4 is 9.47 Å². The lowest BCUT2D eigenvalue weighted by molar-refractivity contribution is -0.122. The third-order valence-corrected chi connectivity index (χ3v) is 5.81. The van der Waals surface area contributed by atoms with Gasteiger partial charge in [0.05, 0.1) is 28.1 Å². The third kappa shape index (κ3) is 5.33. The van der Waals surface area contributed by atoms with Crippen LogP contribution in [0.3, 0.4) is 0 Å². The van der Waals surface area contributed by atoms with Crippen LogP contribution in [0.15, 0.2) is 45.8 Å². The van der Waals surface area contributed by atoms with Crippen molar-refractivity contribution in [1.82, 2.24) is 4.90 Å². The van der Waals surface area contributed by atoms with Crippen LogP contribution in [0.5, 0.6) is 11.5 Å². The highest BCUT2D eigenvalue weighted by Gasteiger charge is 2.34. The van der Waals surface area contributed by atoms with Crippen molar-refractivity contribution in [2.75, 3.05) is 13.2 Å². The van der Waals surface area contributed by atoms with Gasteiger partial charge in [0.2, 0.25) is 0 Å². The molecule has 1 N–H and O–H groups in total. The van der Waals surface area contributed by atoms with Crippen molar-refractivity contribution in [3.63, 3.8) is 0 Å². The number of carboxylic acids is 1. The largest absolute Gasteiger partial charge is 0.490 e. The van der Waals surface area contributed by atoms with Crippen LogP contribution in [-0.4, -0.2) is 40.3 Å². The summed E-state index contributed by atoms with van der Waals surface area (Å²) in [6.07, 6.45) is 6.82. The van der Waals surface area contributed by atoms with Gasteiger partial charge in [-0.05, 0) is 76.1 Å². The Labute approximate surface area is 197 Å². The van der Waals surface area contributed by atoms with Crippen LogP contribution in [0.1, 0.15) is 28.4 Å². The molecule has 32 heavy (non-hydrogen) atoms. The first-order chi connectivity index (χ1) is 15.3. The molecule has 0 radical (unpaired) electrons. The second kappa shape index (κ2) is 10.4. The molecular formula is C23H18BrNO6S. The molecule has 164 valence electrons. The van der Waals surface area contributed by atoms with E-state index in [1.165, 1.54) is 12.1 Å². The van der Waals surface area contributed by atoms with E-state index >= 15 is 0 Å². The first-order valence-corrected chi connectivity index (χ1v) is 11.0. The molecule has 2 amide bonds. The SMILES string of the molecule is C#CCN1C(=O)S/C(=C/c2cc(Br)c(OCc3cccc(C(=O)O)c3)c(OCC)c2)C1=O. The quantitative estimate of drug-likeness (QED) is 0.398. The van der Waals surface area contributed by atoms with Crippen molar-refractivity contribution in [3.8, 4) is 23.8 Å². The average molecular weight is 516 g/mol. The smallest absolute Gasteiger partial charge is 0.335 e. The second-order valence-electron chi connectivity index (χ2n) is 6.53. The molecule has 0 atom stereocenters. The number of carboxylic acid groups (broad SMARTS) is 1. The minimum atomic E-state index is -1.01. The molecule has 0 spiro atoms. The van der Waals surface area contributed by atoms with Crippen molar-refractivity contribution < 1.29 is 29.0 Å². The van der Waals surface area contributed by atoms with Crippen LogP contribution in [0.2, 0.25) is 0 Å². The number of carbonyl (C=O) groups excluding carboxylic acids is 2. The van der Waals surface area contributed by atoms with Gasteiger partial charge in [0.1, 0.15) is 6.61 Å². The Morgan fingerprint density at radius 3 is 2.75 bits per heavy atom. The van der Waals surface area contributed by atoms with Gasteiger partial charge in [-0.25, -0.2) is 4.79 Å². The number of terminal acetylenes is 1. The zero-order valence-corrected chi connectivity index (χ0v) is 19.4. The molecule has 1 fully saturated rings. The Hall–Kier alpha value is -3.22. The standard InChI is InChI=1S/C23H18BrNO6S/c1-3-8-25-21(26)19(32-23(25)29)12-15-10-17(24)20(18(11-15)30-4-2)31-13-14-6-5-7-16(9-14)22(27)28/h1,5-7,9-12H,4,8,13H2,2H3,(H,27,28)/b19-12+. The number of benzene rings is 2. The van der Waals surface area contributed by atoms with Gasteiger partial charge in [-0.15, -0.1) is 6.42 Å². The normalized spacial score (nSPS) is 14.5. The summed E-state index contributed by atoms with van der Waals surface area (Å²) in [5.41, 5.74) is 1.49. The molecule has 0 bridgehead atoms. The molecule has 1 saturated heterocycles. The summed E-state index contributed by atoms with van der Waals surface area (Å²) >= 11 is 4.29. The molecule has 0 unspecified atom stereocenters. The molecule has 1 heterocycles. The number of hydrogen-bond acceptors (Lipinski definition) is 6. The van der Waals surface area contributed by atoms with Gasteiger partial charge in [-0.1, -0.05) is 18.1 Å². The van der Waals surface area contributed by atoms with Gasteiger partial charge in [0.25, 0.3) is 11.1 Å². The summed E-state index contributed by atoms with van der Waals surface area (Å²) in [7, 11) is 0. The Morgan fingerprint density at radius 2 is 2.06 bits per heavy atom. The van der Waals surface area contributed by atoms with E-state index < -0.39 is 17.1 Å². The van der Waals surface area contributed by atoms with E-state index in [9.17, 15) is 14.4 Å². The molecular weight excluding hydrogens is 498 g/mol. The monoisotopic (exact) mass is 515 g/mol. The fourth-order valence-electron chi connectivity index (χ4n) is 2.90. The number of halogens is 1. The van der Waals surface area contributed by atoms with Gasteiger partial charge in [-0.2, -0.15) is 0 Å². The van der Waals surface area contributed by atoms with Crippen LogP contribution in [0, 0.1) is 12.3 Å². The van der Waals surface area contributed by atoms with Crippen molar-refractivity contribution in [2.45, 2.75) is 13.5 Å². The minimum absolute atomic E-state index is 0.0776. The Balaban J connectivity index is 1.86. The number of nitrogens with zero attached hydrogens (tertiary/aromatic N) is 1. The zero-order valence-electron chi connectivity index (χ0n) is 17.0. The minimum Gasteiger partial charge on any atom is -0.490 e. The molecule has 7 nitrogen and oxygen atoms in total. The Morgan fingerprint density at radius 1 is 1.28 bits per heavy atom. The number of amides is 2. The number of carbonyl (C=O) groups is 3. The van der Waals surface area contributed by atoms with Crippen LogP contribution in [-0.2, 0) is 11.4 Å². The van der Waals surface area contributed by atoms with E-state index in [0.717, 1.165) is 16.7 Å². The number of aromatic carboxylic acids is 1. The molecule has 3 rings (SSSR count). The topological polar surface area (TPSA) is 93.1 Å². The van der Waals surface area contributed by atoms with E-state index in [1.807, 2.05) is 6.92 Å². The lowest BCUT2D eigenvalue weighted by Crippen LogP contribution is -2.28. The highest BCUT2D eigenvalue weighted by atomic mass is 79.9. The van der Waals surface area contributed by atoms with Gasteiger partial charge in [0, 0.05) is 0 Å². The number of imide groups is 1. The summed E-state index contributed by atoms with van der Waals surface area (Å²) in [4.78, 5) is 36.9. The van der Waals surface area contributed by atoms with E-state index in [0.29, 0.717) is 33.7 Å². The summed E-state index contributed by atoms with van der Waals surface area (Å²) in [6.45, 7) is 2.25. The van der Waals surface area contributed by atoms with Gasteiger partial charge in [-0.3, -0.25) is 14.5 Å². The maximum atomic E-state index is 12.4. The Bertz CT molecular complexity index is 1150. The summed E-state index contributed by atoms with van der Waals surface area (Å²) in [5, 5.41) is 8.74. The highest BCUT2D eigenvalue weighted by Crippen LogP contribution is 2.39. The van der Waals surface area contributed by atoms with Crippen molar-refractivity contribution >= 4 is 50.9 Å². The molecule has 2 aromatic carbocycles. The number of hydrogen-bond donors (Lipinski definition) is 1. The molecule has 1 aliphatic heterocycles. The van der Waals surface area contributed by atoms with E-state index in [4.69, 9.17) is 21.0 Å². The first-order valence-electron chi connectivity index (χ1n) is 9.44. The average Bonchev–Trinajstić information content (AvgIpc) is 3.01. The maximum Gasteiger partial charge on any atom is 0.335 e. The van der Waals surface area contributed by atoms with Gasteiger partial charge < -0.3 is 14.6 Å². The molecule has 0 aliphatic carbocycles.